The van der Waals surface area contributed by atoms with Gasteiger partial charge < -0.3 is 14.2 Å². The van der Waals surface area contributed by atoms with E-state index in [9.17, 15) is 18.0 Å². The van der Waals surface area contributed by atoms with Crippen LogP contribution in [0, 0.1) is 0 Å². The number of alkyl halides is 3. The van der Waals surface area contributed by atoms with E-state index in [1.54, 1.807) is 4.90 Å². The van der Waals surface area contributed by atoms with Crippen LogP contribution in [-0.4, -0.2) is 32.7 Å². The number of amides is 1. The van der Waals surface area contributed by atoms with Crippen LogP contribution in [0.2, 0.25) is 0 Å². The van der Waals surface area contributed by atoms with Crippen molar-refractivity contribution in [2.24, 2.45) is 0 Å². The molecule has 2 heterocycles. The Morgan fingerprint density at radius 2 is 1.78 bits per heavy atom. The predicted molar refractivity (Wildman–Crippen MR) is 93.9 cm³/mol. The molecular formula is C19H22F3N3O2. The van der Waals surface area contributed by atoms with Crippen molar-refractivity contribution in [1.29, 1.82) is 0 Å². The highest BCUT2D eigenvalue weighted by molar-refractivity contribution is 5.68. The van der Waals surface area contributed by atoms with Crippen LogP contribution in [0.3, 0.4) is 0 Å². The lowest BCUT2D eigenvalue weighted by molar-refractivity contribution is -0.137. The Kier molecular flexibility index (Phi) is 4.92. The lowest BCUT2D eigenvalue weighted by Crippen LogP contribution is -2.36. The van der Waals surface area contributed by atoms with Gasteiger partial charge in [-0.3, -0.25) is 0 Å². The third-order valence-corrected chi connectivity index (χ3v) is 4.18. The topological polar surface area (TPSA) is 47.4 Å². The van der Waals surface area contributed by atoms with E-state index in [2.05, 4.69) is 4.98 Å². The highest BCUT2D eigenvalue weighted by atomic mass is 19.4. The molecule has 27 heavy (non-hydrogen) atoms. The lowest BCUT2D eigenvalue weighted by atomic mass is 10.1. The zero-order valence-electron chi connectivity index (χ0n) is 15.5. The Morgan fingerprint density at radius 1 is 1.11 bits per heavy atom. The molecule has 0 bridgehead atoms. The second-order valence-electron chi connectivity index (χ2n) is 7.57. The van der Waals surface area contributed by atoms with Crippen LogP contribution in [0.5, 0.6) is 0 Å². The number of carbonyl (C=O) groups is 1. The molecule has 5 nitrogen and oxygen atoms in total. The first kappa shape index (κ1) is 19.3. The fraction of sp³-hybridized carbons (Fsp3) is 0.474. The molecule has 3 rings (SSSR count). The van der Waals surface area contributed by atoms with Crippen LogP contribution < -0.4 is 0 Å². The number of rotatable bonds is 1. The normalized spacial score (nSPS) is 15.3. The van der Waals surface area contributed by atoms with E-state index in [0.29, 0.717) is 36.7 Å². The SMILES string of the molecule is CC(C)(C)OC(=O)N1CCCn2cc(-c3ccc(C(F)(F)F)cc3)nc2C1. The molecule has 1 aliphatic rings. The number of halogens is 3. The molecule has 1 aliphatic heterocycles. The van der Waals surface area contributed by atoms with Gasteiger partial charge in [-0.1, -0.05) is 12.1 Å². The molecular weight excluding hydrogens is 359 g/mol. The summed E-state index contributed by atoms with van der Waals surface area (Å²) in [5.74, 6) is 0.688. The maximum absolute atomic E-state index is 12.7. The van der Waals surface area contributed by atoms with Crippen LogP contribution in [0.25, 0.3) is 11.3 Å². The molecule has 0 spiro atoms. The predicted octanol–water partition coefficient (Wildman–Crippen LogP) is 4.71. The largest absolute Gasteiger partial charge is 0.444 e. The fourth-order valence-electron chi connectivity index (χ4n) is 2.91. The Labute approximate surface area is 155 Å². The Bertz CT molecular complexity index is 820. The molecule has 1 amide bonds. The highest BCUT2D eigenvalue weighted by Crippen LogP contribution is 2.31. The molecule has 1 aromatic carbocycles. The van der Waals surface area contributed by atoms with E-state index in [1.807, 2.05) is 31.5 Å². The summed E-state index contributed by atoms with van der Waals surface area (Å²) < 4.78 is 45.5. The molecule has 0 radical (unpaired) electrons. The van der Waals surface area contributed by atoms with Crippen LogP contribution >= 0.6 is 0 Å². The summed E-state index contributed by atoms with van der Waals surface area (Å²) in [5.41, 5.74) is -0.0789. The molecule has 0 fully saturated rings. The van der Waals surface area contributed by atoms with Gasteiger partial charge in [0.15, 0.2) is 0 Å². The fourth-order valence-corrected chi connectivity index (χ4v) is 2.91. The van der Waals surface area contributed by atoms with Gasteiger partial charge in [0.1, 0.15) is 11.4 Å². The van der Waals surface area contributed by atoms with E-state index in [1.165, 1.54) is 12.1 Å². The molecule has 0 N–H and O–H groups in total. The monoisotopic (exact) mass is 381 g/mol. The number of nitrogens with zero attached hydrogens (tertiary/aromatic N) is 3. The van der Waals surface area contributed by atoms with Crippen molar-refractivity contribution in [3.8, 4) is 11.3 Å². The maximum atomic E-state index is 12.7. The van der Waals surface area contributed by atoms with Crippen molar-refractivity contribution in [3.05, 3.63) is 41.9 Å². The van der Waals surface area contributed by atoms with Gasteiger partial charge in [0.25, 0.3) is 0 Å². The standard InChI is InChI=1S/C19H22F3N3O2/c1-18(2,3)27-17(26)25-10-4-9-24-11-15(23-16(24)12-25)13-5-7-14(8-6-13)19(20,21)22/h5-8,11H,4,9-10,12H2,1-3H3. The molecule has 1 aromatic heterocycles. The number of aromatic nitrogens is 2. The van der Waals surface area contributed by atoms with E-state index >= 15 is 0 Å². The van der Waals surface area contributed by atoms with Gasteiger partial charge in [0, 0.05) is 24.8 Å². The minimum absolute atomic E-state index is 0.301. The summed E-state index contributed by atoms with van der Waals surface area (Å²) >= 11 is 0. The summed E-state index contributed by atoms with van der Waals surface area (Å²) in [6.07, 6.45) is -2.20. The van der Waals surface area contributed by atoms with Crippen molar-refractivity contribution < 1.29 is 22.7 Å². The van der Waals surface area contributed by atoms with E-state index in [4.69, 9.17) is 4.74 Å². The average Bonchev–Trinajstić information content (AvgIpc) is 2.84. The highest BCUT2D eigenvalue weighted by Gasteiger charge is 2.30. The summed E-state index contributed by atoms with van der Waals surface area (Å²) in [4.78, 5) is 18.5. The van der Waals surface area contributed by atoms with Crippen molar-refractivity contribution in [2.75, 3.05) is 6.54 Å². The first-order chi connectivity index (χ1) is 12.5. The Balaban J connectivity index is 1.80. The molecule has 8 heteroatoms. The van der Waals surface area contributed by atoms with Crippen molar-refractivity contribution in [1.82, 2.24) is 14.5 Å². The second-order valence-corrected chi connectivity index (χ2v) is 7.57. The Hall–Kier alpha value is -2.51. The van der Waals surface area contributed by atoms with Crippen molar-refractivity contribution >= 4 is 6.09 Å². The summed E-state index contributed by atoms with van der Waals surface area (Å²) in [6.45, 7) is 6.98. The van der Waals surface area contributed by atoms with Crippen LogP contribution in [-0.2, 0) is 24.0 Å². The number of carbonyl (C=O) groups excluding carboxylic acids is 1. The van der Waals surface area contributed by atoms with Crippen LogP contribution in [0.15, 0.2) is 30.5 Å². The van der Waals surface area contributed by atoms with Gasteiger partial charge in [-0.2, -0.15) is 13.2 Å². The molecule has 0 unspecified atom stereocenters. The summed E-state index contributed by atoms with van der Waals surface area (Å²) in [6, 6.07) is 4.92. The number of fused-ring (bicyclic) bond motifs is 1. The number of hydrogen-bond acceptors (Lipinski definition) is 3. The maximum Gasteiger partial charge on any atom is 0.416 e. The molecule has 0 saturated heterocycles. The second kappa shape index (κ2) is 6.90. The molecule has 146 valence electrons. The van der Waals surface area contributed by atoms with Gasteiger partial charge in [-0.25, -0.2) is 9.78 Å². The van der Waals surface area contributed by atoms with Gasteiger partial charge >= 0.3 is 12.3 Å². The third-order valence-electron chi connectivity index (χ3n) is 4.18. The number of imidazole rings is 1. The summed E-state index contributed by atoms with van der Waals surface area (Å²) in [5, 5.41) is 0. The molecule has 2 aromatic rings. The van der Waals surface area contributed by atoms with E-state index in [-0.39, 0.29) is 0 Å². The first-order valence-corrected chi connectivity index (χ1v) is 8.74. The zero-order valence-corrected chi connectivity index (χ0v) is 15.5. The van der Waals surface area contributed by atoms with Crippen LogP contribution in [0.1, 0.15) is 38.6 Å². The van der Waals surface area contributed by atoms with Gasteiger partial charge in [-0.05, 0) is 39.3 Å². The molecule has 0 saturated carbocycles. The molecule has 0 atom stereocenters. The van der Waals surface area contributed by atoms with Crippen molar-refractivity contribution in [2.45, 2.75) is 52.1 Å². The van der Waals surface area contributed by atoms with Gasteiger partial charge in [0.2, 0.25) is 0 Å². The van der Waals surface area contributed by atoms with E-state index < -0.39 is 23.4 Å². The number of hydrogen-bond donors (Lipinski definition) is 0. The van der Waals surface area contributed by atoms with Gasteiger partial charge in [-0.15, -0.1) is 0 Å². The smallest absolute Gasteiger partial charge is 0.416 e. The minimum atomic E-state index is -4.36. The molecule has 0 aliphatic carbocycles. The number of benzene rings is 1. The first-order valence-electron chi connectivity index (χ1n) is 8.74. The quantitative estimate of drug-likeness (QED) is 0.719. The zero-order chi connectivity index (χ0) is 19.8. The third kappa shape index (κ3) is 4.61. The van der Waals surface area contributed by atoms with Crippen LogP contribution in [0.4, 0.5) is 18.0 Å². The lowest BCUT2D eigenvalue weighted by Gasteiger charge is -2.25. The average molecular weight is 381 g/mol. The minimum Gasteiger partial charge on any atom is -0.444 e. The number of ether oxygens (including phenoxy) is 1. The Morgan fingerprint density at radius 3 is 2.37 bits per heavy atom. The summed E-state index contributed by atoms with van der Waals surface area (Å²) in [7, 11) is 0. The number of aryl methyl sites for hydroxylation is 1. The van der Waals surface area contributed by atoms with Crippen molar-refractivity contribution in [3.63, 3.8) is 0 Å². The van der Waals surface area contributed by atoms with Gasteiger partial charge in [0.05, 0.1) is 17.8 Å². The van der Waals surface area contributed by atoms with E-state index in [0.717, 1.165) is 18.6 Å².